The molecule has 0 fully saturated rings. The summed E-state index contributed by atoms with van der Waals surface area (Å²) >= 11 is 0. The molecule has 0 aliphatic carbocycles. The van der Waals surface area contributed by atoms with E-state index >= 15 is 0 Å². The van der Waals surface area contributed by atoms with Gasteiger partial charge in [-0.2, -0.15) is 0 Å². The highest BCUT2D eigenvalue weighted by atomic mass is 19.1. The fourth-order valence-corrected chi connectivity index (χ4v) is 2.03. The second kappa shape index (κ2) is 4.64. The number of hydrogen-bond acceptors (Lipinski definition) is 2. The Balaban J connectivity index is 2.20. The van der Waals surface area contributed by atoms with Gasteiger partial charge >= 0.3 is 12.0 Å². The number of rotatable bonds is 2. The van der Waals surface area contributed by atoms with Crippen LogP contribution in [-0.4, -0.2) is 42.1 Å². The fraction of sp³-hybridized carbons (Fsp3) is 0.333. The molecule has 2 amide bonds. The van der Waals surface area contributed by atoms with Crippen molar-refractivity contribution in [3.8, 4) is 0 Å². The Kier molecular flexibility index (Phi) is 3.18. The van der Waals surface area contributed by atoms with Gasteiger partial charge in [0.1, 0.15) is 12.4 Å². The van der Waals surface area contributed by atoms with E-state index in [2.05, 4.69) is 0 Å². The number of anilines is 1. The average molecular weight is 252 g/mol. The Hall–Kier alpha value is -2.11. The van der Waals surface area contributed by atoms with E-state index in [0.717, 1.165) is 10.5 Å². The zero-order chi connectivity index (χ0) is 13.3. The maximum absolute atomic E-state index is 13.2. The minimum atomic E-state index is -1.08. The van der Waals surface area contributed by atoms with Crippen molar-refractivity contribution in [2.45, 2.75) is 6.42 Å². The van der Waals surface area contributed by atoms with E-state index in [1.165, 1.54) is 24.1 Å². The van der Waals surface area contributed by atoms with Gasteiger partial charge in [-0.3, -0.25) is 9.69 Å². The van der Waals surface area contributed by atoms with Gasteiger partial charge < -0.3 is 10.0 Å². The molecule has 0 spiro atoms. The number of fused-ring (bicyclic) bond motifs is 1. The van der Waals surface area contributed by atoms with Gasteiger partial charge in [-0.05, 0) is 24.1 Å². The fourth-order valence-electron chi connectivity index (χ4n) is 2.03. The predicted molar refractivity (Wildman–Crippen MR) is 63.1 cm³/mol. The first-order valence-electron chi connectivity index (χ1n) is 5.52. The van der Waals surface area contributed by atoms with Crippen LogP contribution in [0.15, 0.2) is 18.2 Å². The molecule has 0 atom stereocenters. The van der Waals surface area contributed by atoms with Crippen molar-refractivity contribution in [3.05, 3.63) is 29.6 Å². The standard InChI is InChI=1S/C12H13FN2O3/c1-14(7-11(16)17)12(18)15-5-4-8-2-3-9(13)6-10(8)15/h2-3,6H,4-5,7H2,1H3,(H,16,17). The van der Waals surface area contributed by atoms with Gasteiger partial charge in [0, 0.05) is 13.6 Å². The molecule has 6 heteroatoms. The van der Waals surface area contributed by atoms with Gasteiger partial charge in [-0.25, -0.2) is 9.18 Å². The van der Waals surface area contributed by atoms with Crippen LogP contribution in [0.5, 0.6) is 0 Å². The first-order chi connectivity index (χ1) is 8.49. The summed E-state index contributed by atoms with van der Waals surface area (Å²) in [4.78, 5) is 25.1. The summed E-state index contributed by atoms with van der Waals surface area (Å²) in [5.41, 5.74) is 1.42. The number of carboxylic acid groups (broad SMARTS) is 1. The van der Waals surface area contributed by atoms with Crippen molar-refractivity contribution < 1.29 is 19.1 Å². The lowest BCUT2D eigenvalue weighted by atomic mass is 10.2. The maximum atomic E-state index is 13.2. The summed E-state index contributed by atoms with van der Waals surface area (Å²) in [5.74, 6) is -1.49. The molecule has 5 nitrogen and oxygen atoms in total. The minimum absolute atomic E-state index is 0.375. The second-order valence-electron chi connectivity index (χ2n) is 4.21. The lowest BCUT2D eigenvalue weighted by molar-refractivity contribution is -0.137. The molecular weight excluding hydrogens is 239 g/mol. The highest BCUT2D eigenvalue weighted by Crippen LogP contribution is 2.29. The largest absolute Gasteiger partial charge is 0.480 e. The van der Waals surface area contributed by atoms with E-state index in [1.54, 1.807) is 6.07 Å². The minimum Gasteiger partial charge on any atom is -0.480 e. The third kappa shape index (κ3) is 2.27. The van der Waals surface area contributed by atoms with Crippen LogP contribution >= 0.6 is 0 Å². The quantitative estimate of drug-likeness (QED) is 0.863. The van der Waals surface area contributed by atoms with Crippen LogP contribution in [0.2, 0.25) is 0 Å². The lowest BCUT2D eigenvalue weighted by Crippen LogP contribution is -2.42. The molecular formula is C12H13FN2O3. The second-order valence-corrected chi connectivity index (χ2v) is 4.21. The van der Waals surface area contributed by atoms with Crippen molar-refractivity contribution in [3.63, 3.8) is 0 Å². The zero-order valence-electron chi connectivity index (χ0n) is 9.89. The number of carboxylic acids is 1. The van der Waals surface area contributed by atoms with Crippen molar-refractivity contribution >= 4 is 17.7 Å². The highest BCUT2D eigenvalue weighted by molar-refractivity contribution is 5.95. The Morgan fingerprint density at radius 1 is 1.50 bits per heavy atom. The first-order valence-corrected chi connectivity index (χ1v) is 5.52. The van der Waals surface area contributed by atoms with Gasteiger partial charge in [0.15, 0.2) is 0 Å². The average Bonchev–Trinajstić information content (AvgIpc) is 2.69. The SMILES string of the molecule is CN(CC(=O)O)C(=O)N1CCc2ccc(F)cc21. The molecule has 1 aromatic carbocycles. The van der Waals surface area contributed by atoms with Gasteiger partial charge in [0.05, 0.1) is 5.69 Å². The summed E-state index contributed by atoms with van der Waals surface area (Å²) in [5, 5.41) is 8.64. The number of carbonyl (C=O) groups excluding carboxylic acids is 1. The van der Waals surface area contributed by atoms with Crippen molar-refractivity contribution in [2.24, 2.45) is 0 Å². The number of benzene rings is 1. The Labute approximate surface area is 103 Å². The number of hydrogen-bond donors (Lipinski definition) is 1. The molecule has 0 aromatic heterocycles. The van der Waals surface area contributed by atoms with Crippen molar-refractivity contribution in [2.75, 3.05) is 25.0 Å². The molecule has 0 radical (unpaired) electrons. The van der Waals surface area contributed by atoms with Gasteiger partial charge in [0.2, 0.25) is 0 Å². The Morgan fingerprint density at radius 3 is 2.89 bits per heavy atom. The van der Waals surface area contributed by atoms with Gasteiger partial charge in [-0.1, -0.05) is 6.07 Å². The molecule has 1 heterocycles. The maximum Gasteiger partial charge on any atom is 0.324 e. The first kappa shape index (κ1) is 12.3. The molecule has 18 heavy (non-hydrogen) atoms. The Morgan fingerprint density at radius 2 is 2.22 bits per heavy atom. The van der Waals surface area contributed by atoms with Crippen LogP contribution in [0.4, 0.5) is 14.9 Å². The number of urea groups is 1. The summed E-state index contributed by atoms with van der Waals surface area (Å²) in [7, 11) is 1.41. The number of halogens is 1. The van der Waals surface area contributed by atoms with E-state index in [9.17, 15) is 14.0 Å². The summed E-state index contributed by atoms with van der Waals surface area (Å²) in [6.07, 6.45) is 0.655. The van der Waals surface area contributed by atoms with Crippen LogP contribution in [0.25, 0.3) is 0 Å². The molecule has 2 rings (SSSR count). The van der Waals surface area contributed by atoms with Crippen LogP contribution in [-0.2, 0) is 11.2 Å². The van der Waals surface area contributed by atoms with Crippen LogP contribution in [0.1, 0.15) is 5.56 Å². The summed E-state index contributed by atoms with van der Waals surface area (Å²) in [6, 6.07) is 3.87. The van der Waals surface area contributed by atoms with Gasteiger partial charge in [0.25, 0.3) is 0 Å². The molecule has 96 valence electrons. The highest BCUT2D eigenvalue weighted by Gasteiger charge is 2.27. The molecule has 0 saturated carbocycles. The molecule has 0 bridgehead atoms. The Bertz CT molecular complexity index is 504. The van der Waals surface area contributed by atoms with Crippen molar-refractivity contribution in [1.82, 2.24) is 4.90 Å². The van der Waals surface area contributed by atoms with E-state index in [0.29, 0.717) is 18.7 Å². The van der Waals surface area contributed by atoms with Crippen LogP contribution < -0.4 is 4.90 Å². The molecule has 1 aromatic rings. The molecule has 1 aliphatic rings. The number of amides is 2. The molecule has 1 N–H and O–H groups in total. The number of aliphatic carboxylic acids is 1. The van der Waals surface area contributed by atoms with Crippen molar-refractivity contribution in [1.29, 1.82) is 0 Å². The number of likely N-dealkylation sites (N-methyl/N-ethyl adjacent to an activating group) is 1. The summed E-state index contributed by atoms with van der Waals surface area (Å²) < 4.78 is 13.2. The third-order valence-electron chi connectivity index (χ3n) is 2.87. The zero-order valence-corrected chi connectivity index (χ0v) is 9.89. The molecule has 1 aliphatic heterocycles. The van der Waals surface area contributed by atoms with Crippen LogP contribution in [0, 0.1) is 5.82 Å². The smallest absolute Gasteiger partial charge is 0.324 e. The topological polar surface area (TPSA) is 60.9 Å². The third-order valence-corrected chi connectivity index (χ3v) is 2.87. The number of carbonyl (C=O) groups is 2. The van der Waals surface area contributed by atoms with Gasteiger partial charge in [-0.15, -0.1) is 0 Å². The van der Waals surface area contributed by atoms with E-state index in [-0.39, 0.29) is 6.54 Å². The monoisotopic (exact) mass is 252 g/mol. The molecule has 0 saturated heterocycles. The lowest BCUT2D eigenvalue weighted by Gasteiger charge is -2.23. The summed E-state index contributed by atoms with van der Waals surface area (Å²) in [6.45, 7) is 0.0710. The van der Waals surface area contributed by atoms with E-state index in [1.807, 2.05) is 0 Å². The van der Waals surface area contributed by atoms with Crippen LogP contribution in [0.3, 0.4) is 0 Å². The van der Waals surface area contributed by atoms with E-state index < -0.39 is 17.8 Å². The predicted octanol–water partition coefficient (Wildman–Crippen LogP) is 1.32. The molecule has 0 unspecified atom stereocenters. The van der Waals surface area contributed by atoms with E-state index in [4.69, 9.17) is 5.11 Å². The normalized spacial score (nSPS) is 13.3. The number of nitrogens with zero attached hydrogens (tertiary/aromatic N) is 2.